The number of rotatable bonds is 19. The summed E-state index contributed by atoms with van der Waals surface area (Å²) in [5.41, 5.74) is 0. The molecule has 0 aromatic carbocycles. The summed E-state index contributed by atoms with van der Waals surface area (Å²) in [4.78, 5) is 47.7. The van der Waals surface area contributed by atoms with Crippen molar-refractivity contribution in [3.63, 3.8) is 0 Å². The monoisotopic (exact) mass is 596 g/mol. The van der Waals surface area contributed by atoms with Gasteiger partial charge in [-0.25, -0.2) is 0 Å². The highest BCUT2D eigenvalue weighted by atomic mass is 28.5. The Balaban J connectivity index is 5.34. The van der Waals surface area contributed by atoms with Crippen molar-refractivity contribution in [1.29, 1.82) is 0 Å². The van der Waals surface area contributed by atoms with Crippen molar-refractivity contribution in [2.45, 2.75) is 97.1 Å². The zero-order valence-electron chi connectivity index (χ0n) is 24.1. The molecule has 2 amide bonds. The highest BCUT2D eigenvalue weighted by molar-refractivity contribution is 6.89. The highest BCUT2D eigenvalue weighted by Gasteiger charge is 2.44. The number of carbonyl (C=O) groups excluding carboxylic acids is 2. The Kier molecular flexibility index (Phi) is 14.7. The number of nitrogens with zero attached hydrogens (tertiary/aromatic N) is 1. The number of hydrogen-bond donors (Lipinski definition) is 3. The van der Waals surface area contributed by atoms with Crippen molar-refractivity contribution in [1.82, 2.24) is 10.2 Å². The van der Waals surface area contributed by atoms with Crippen molar-refractivity contribution in [3.8, 4) is 0 Å². The zero-order chi connectivity index (χ0) is 29.1. The van der Waals surface area contributed by atoms with Gasteiger partial charge < -0.3 is 32.8 Å². The second kappa shape index (κ2) is 15.3. The van der Waals surface area contributed by atoms with E-state index in [4.69, 9.17) is 22.6 Å². The molecule has 0 heterocycles. The molecular weight excluding hydrogens is 549 g/mol. The van der Waals surface area contributed by atoms with E-state index in [2.05, 4.69) is 44.6 Å². The van der Waals surface area contributed by atoms with Crippen LogP contribution in [0, 0.1) is 0 Å². The van der Waals surface area contributed by atoms with Gasteiger partial charge in [-0.3, -0.25) is 19.2 Å². The normalized spacial score (nSPS) is 14.1. The summed E-state index contributed by atoms with van der Waals surface area (Å²) in [6.07, 6.45) is -0.229. The van der Waals surface area contributed by atoms with E-state index in [0.717, 1.165) is 0 Å². The molecule has 0 aliphatic rings. The van der Waals surface area contributed by atoms with Crippen LogP contribution < -0.4 is 5.32 Å². The van der Waals surface area contributed by atoms with E-state index in [0.29, 0.717) is 19.0 Å². The van der Waals surface area contributed by atoms with Crippen LogP contribution in [0.25, 0.3) is 0 Å². The van der Waals surface area contributed by atoms with E-state index in [1.165, 1.54) is 0 Å². The van der Waals surface area contributed by atoms with Crippen LogP contribution in [0.2, 0.25) is 65.0 Å². The highest BCUT2D eigenvalue weighted by Crippen LogP contribution is 2.28. The number of carboxylic acid groups (broad SMARTS) is 2. The Hall–Kier alpha value is -1.37. The standard InChI is InChI=1S/C22H48N2O9Si4/c1-34(2,3)31-36(7,8)33-37(9,32-35(4,5)6)18-10-16-24(20(26)12-14-22(29)30)17-15-23-19(25)11-13-21(27)28/h10-18H2,1-9H3,(H,23,25)(H,27,28)(H,29,30). The smallest absolute Gasteiger partial charge is 0.315 e. The first kappa shape index (κ1) is 35.6. The second-order valence-corrected chi connectivity index (χ2v) is 28.2. The Bertz CT molecular complexity index is 785. The third kappa shape index (κ3) is 19.4. The summed E-state index contributed by atoms with van der Waals surface area (Å²) in [5, 5.41) is 20.3. The summed E-state index contributed by atoms with van der Waals surface area (Å²) in [5.74, 6) is -2.83. The predicted molar refractivity (Wildman–Crippen MR) is 152 cm³/mol. The van der Waals surface area contributed by atoms with Crippen LogP contribution in [0.4, 0.5) is 0 Å². The Morgan fingerprint density at radius 1 is 0.703 bits per heavy atom. The van der Waals surface area contributed by atoms with Gasteiger partial charge in [-0.15, -0.1) is 0 Å². The van der Waals surface area contributed by atoms with Crippen LogP contribution in [0.15, 0.2) is 0 Å². The lowest BCUT2D eigenvalue weighted by Crippen LogP contribution is -2.57. The third-order valence-electron chi connectivity index (χ3n) is 4.77. The number of hydrogen-bond acceptors (Lipinski definition) is 7. The van der Waals surface area contributed by atoms with E-state index < -0.39 is 51.6 Å². The molecule has 0 fully saturated rings. The summed E-state index contributed by atoms with van der Waals surface area (Å²) in [6.45, 7) is 19.6. The first-order chi connectivity index (χ1) is 16.6. The van der Waals surface area contributed by atoms with Crippen LogP contribution >= 0.6 is 0 Å². The summed E-state index contributed by atoms with van der Waals surface area (Å²) >= 11 is 0. The largest absolute Gasteiger partial charge is 0.481 e. The average Bonchev–Trinajstić information content (AvgIpc) is 2.65. The maximum atomic E-state index is 12.7. The van der Waals surface area contributed by atoms with Crippen LogP contribution in [0.1, 0.15) is 32.1 Å². The van der Waals surface area contributed by atoms with Crippen LogP contribution in [-0.2, 0) is 31.5 Å². The first-order valence-corrected chi connectivity index (χ1v) is 24.9. The van der Waals surface area contributed by atoms with Gasteiger partial charge in [0.25, 0.3) is 0 Å². The maximum Gasteiger partial charge on any atom is 0.315 e. The number of amides is 2. The van der Waals surface area contributed by atoms with Gasteiger partial charge in [-0.2, -0.15) is 0 Å². The van der Waals surface area contributed by atoms with Crippen LogP contribution in [-0.4, -0.2) is 92.3 Å². The minimum Gasteiger partial charge on any atom is -0.481 e. The van der Waals surface area contributed by atoms with E-state index in [-0.39, 0.29) is 44.7 Å². The molecule has 1 atom stereocenters. The Morgan fingerprint density at radius 3 is 1.70 bits per heavy atom. The summed E-state index contributed by atoms with van der Waals surface area (Å²) < 4.78 is 19.7. The van der Waals surface area contributed by atoms with E-state index >= 15 is 0 Å². The quantitative estimate of drug-likeness (QED) is 0.190. The molecule has 216 valence electrons. The number of carbonyl (C=O) groups is 4. The molecular formula is C22H48N2O9Si4. The second-order valence-electron chi connectivity index (χ2n) is 11.7. The van der Waals surface area contributed by atoms with Crippen LogP contribution in [0.5, 0.6) is 0 Å². The van der Waals surface area contributed by atoms with Gasteiger partial charge in [-0.05, 0) is 71.4 Å². The molecule has 0 saturated carbocycles. The Labute approximate surface area is 226 Å². The average molecular weight is 597 g/mol. The van der Waals surface area contributed by atoms with Crippen molar-refractivity contribution in [3.05, 3.63) is 0 Å². The molecule has 37 heavy (non-hydrogen) atoms. The number of aliphatic carboxylic acids is 2. The minimum atomic E-state index is -2.67. The van der Waals surface area contributed by atoms with Gasteiger partial charge in [0.2, 0.25) is 11.8 Å². The van der Waals surface area contributed by atoms with Crippen LogP contribution in [0.3, 0.4) is 0 Å². The van der Waals surface area contributed by atoms with E-state index in [9.17, 15) is 19.2 Å². The topological polar surface area (TPSA) is 152 Å². The molecule has 0 rings (SSSR count). The third-order valence-corrected chi connectivity index (χ3v) is 18.3. The lowest BCUT2D eigenvalue weighted by atomic mass is 10.2. The first-order valence-electron chi connectivity index (χ1n) is 12.7. The lowest BCUT2D eigenvalue weighted by Gasteiger charge is -2.41. The van der Waals surface area contributed by atoms with Gasteiger partial charge >= 0.3 is 29.1 Å². The molecule has 1 unspecified atom stereocenters. The molecule has 0 aliphatic carbocycles. The summed E-state index contributed by atoms with van der Waals surface area (Å²) in [7, 11) is -8.90. The van der Waals surface area contributed by atoms with Gasteiger partial charge in [-0.1, -0.05) is 0 Å². The SMILES string of the molecule is C[Si](C)(C)O[Si](C)(C)O[Si](C)(CCCN(CCNC(=O)CCC(=O)O)C(=O)CCC(=O)O)O[Si](C)(C)C. The molecule has 0 aromatic rings. The zero-order valence-corrected chi connectivity index (χ0v) is 28.1. The van der Waals surface area contributed by atoms with Gasteiger partial charge in [0.05, 0.1) is 12.8 Å². The molecule has 0 aliphatic heterocycles. The Morgan fingerprint density at radius 2 is 1.22 bits per heavy atom. The summed E-state index contributed by atoms with van der Waals surface area (Å²) in [6, 6.07) is 0.635. The minimum absolute atomic E-state index is 0.136. The van der Waals surface area contributed by atoms with Gasteiger partial charge in [0.1, 0.15) is 0 Å². The van der Waals surface area contributed by atoms with Crippen molar-refractivity contribution in [2.75, 3.05) is 19.6 Å². The molecule has 0 bridgehead atoms. The van der Waals surface area contributed by atoms with Crippen molar-refractivity contribution < 1.29 is 41.7 Å². The fraction of sp³-hybridized carbons (Fsp3) is 0.818. The van der Waals surface area contributed by atoms with E-state index in [1.807, 2.05) is 19.6 Å². The predicted octanol–water partition coefficient (Wildman–Crippen LogP) is 3.54. The number of carboxylic acids is 2. The van der Waals surface area contributed by atoms with Crippen molar-refractivity contribution >= 4 is 57.5 Å². The molecule has 15 heteroatoms. The fourth-order valence-corrected chi connectivity index (χ4v) is 22.0. The molecule has 0 radical (unpaired) electrons. The molecule has 3 N–H and O–H groups in total. The van der Waals surface area contributed by atoms with Gasteiger partial charge in [0.15, 0.2) is 16.6 Å². The molecule has 11 nitrogen and oxygen atoms in total. The molecule has 0 aromatic heterocycles. The van der Waals surface area contributed by atoms with Gasteiger partial charge in [0, 0.05) is 32.5 Å². The number of nitrogens with one attached hydrogen (secondary N) is 1. The molecule has 0 saturated heterocycles. The molecule has 0 spiro atoms. The lowest BCUT2D eigenvalue weighted by molar-refractivity contribution is -0.141. The van der Waals surface area contributed by atoms with E-state index in [1.54, 1.807) is 4.90 Å². The van der Waals surface area contributed by atoms with Crippen molar-refractivity contribution in [2.24, 2.45) is 0 Å². The maximum absolute atomic E-state index is 12.7. The fourth-order valence-electron chi connectivity index (χ4n) is 4.01.